The minimum Gasteiger partial charge on any atom is -0.481 e. The SMILES string of the molecule is Cc1coc(CC(=O)O)c1C(=O)NCC1CCC(C)(C)O1. The van der Waals surface area contributed by atoms with Crippen LogP contribution in [0.1, 0.15) is 48.4 Å². The monoisotopic (exact) mass is 295 g/mol. The molecule has 1 aromatic heterocycles. The van der Waals surface area contributed by atoms with Crippen LogP contribution >= 0.6 is 0 Å². The van der Waals surface area contributed by atoms with Crippen molar-refractivity contribution in [2.75, 3.05) is 6.54 Å². The van der Waals surface area contributed by atoms with Gasteiger partial charge in [0.05, 0.1) is 23.5 Å². The third-order valence-electron chi connectivity index (χ3n) is 3.63. The normalized spacial score (nSPS) is 20.4. The molecule has 1 unspecified atom stereocenters. The molecule has 0 saturated carbocycles. The quantitative estimate of drug-likeness (QED) is 0.866. The van der Waals surface area contributed by atoms with E-state index in [1.54, 1.807) is 6.92 Å². The number of hydrogen-bond acceptors (Lipinski definition) is 4. The second-order valence-electron chi connectivity index (χ2n) is 6.04. The lowest BCUT2D eigenvalue weighted by atomic mass is 10.1. The van der Waals surface area contributed by atoms with Gasteiger partial charge in [0.1, 0.15) is 12.2 Å². The number of amides is 1. The lowest BCUT2D eigenvalue weighted by Gasteiger charge is -2.19. The number of carboxylic acids is 1. The van der Waals surface area contributed by atoms with E-state index < -0.39 is 5.97 Å². The van der Waals surface area contributed by atoms with E-state index in [1.807, 2.05) is 13.8 Å². The molecule has 0 radical (unpaired) electrons. The number of ether oxygens (including phenoxy) is 1. The van der Waals surface area contributed by atoms with Crippen molar-refractivity contribution in [3.8, 4) is 0 Å². The predicted octanol–water partition coefficient (Wildman–Crippen LogP) is 1.90. The van der Waals surface area contributed by atoms with Crippen LogP contribution in [0.2, 0.25) is 0 Å². The maximum atomic E-state index is 12.2. The third kappa shape index (κ3) is 3.85. The Morgan fingerprint density at radius 1 is 1.48 bits per heavy atom. The zero-order chi connectivity index (χ0) is 15.6. The molecule has 0 spiro atoms. The van der Waals surface area contributed by atoms with Crippen LogP contribution in [0.15, 0.2) is 10.7 Å². The van der Waals surface area contributed by atoms with Gasteiger partial charge < -0.3 is 19.6 Å². The van der Waals surface area contributed by atoms with Gasteiger partial charge in [-0.25, -0.2) is 0 Å². The Kier molecular flexibility index (Phi) is 4.37. The number of carboxylic acid groups (broad SMARTS) is 1. The number of aryl methyl sites for hydroxylation is 1. The van der Waals surface area contributed by atoms with Crippen molar-refractivity contribution in [1.29, 1.82) is 0 Å². The van der Waals surface area contributed by atoms with Crippen LogP contribution in [-0.4, -0.2) is 35.2 Å². The van der Waals surface area contributed by atoms with Crippen molar-refractivity contribution in [1.82, 2.24) is 5.32 Å². The second kappa shape index (κ2) is 5.89. The molecule has 21 heavy (non-hydrogen) atoms. The number of carbonyl (C=O) groups is 2. The molecule has 1 atom stereocenters. The Bertz CT molecular complexity index is 546. The summed E-state index contributed by atoms with van der Waals surface area (Å²) in [5.41, 5.74) is 0.807. The lowest BCUT2D eigenvalue weighted by molar-refractivity contribution is -0.136. The van der Waals surface area contributed by atoms with Crippen LogP contribution in [-0.2, 0) is 16.0 Å². The van der Waals surface area contributed by atoms with Crippen molar-refractivity contribution < 1.29 is 23.8 Å². The fraction of sp³-hybridized carbons (Fsp3) is 0.600. The third-order valence-corrected chi connectivity index (χ3v) is 3.63. The van der Waals surface area contributed by atoms with Gasteiger partial charge in [0.15, 0.2) is 0 Å². The molecule has 116 valence electrons. The molecule has 1 aliphatic rings. The van der Waals surface area contributed by atoms with Crippen LogP contribution in [0.4, 0.5) is 0 Å². The van der Waals surface area contributed by atoms with Crippen molar-refractivity contribution in [3.63, 3.8) is 0 Å². The van der Waals surface area contributed by atoms with Crippen LogP contribution in [0, 0.1) is 6.92 Å². The maximum absolute atomic E-state index is 12.2. The number of aliphatic carboxylic acids is 1. The van der Waals surface area contributed by atoms with E-state index in [0.29, 0.717) is 17.7 Å². The van der Waals surface area contributed by atoms with Gasteiger partial charge in [0.25, 0.3) is 5.91 Å². The summed E-state index contributed by atoms with van der Waals surface area (Å²) >= 11 is 0. The minimum absolute atomic E-state index is 0.000851. The van der Waals surface area contributed by atoms with E-state index in [-0.39, 0.29) is 29.8 Å². The highest BCUT2D eigenvalue weighted by molar-refractivity contribution is 5.97. The molecular formula is C15H21NO5. The Balaban J connectivity index is 1.98. The van der Waals surface area contributed by atoms with Crippen molar-refractivity contribution in [2.45, 2.75) is 51.7 Å². The van der Waals surface area contributed by atoms with Crippen LogP contribution in [0.3, 0.4) is 0 Å². The van der Waals surface area contributed by atoms with Gasteiger partial charge in [-0.1, -0.05) is 0 Å². The standard InChI is InChI=1S/C15H21NO5/c1-9-8-20-11(6-12(17)18)13(9)14(19)16-7-10-4-5-15(2,3)21-10/h8,10H,4-7H2,1-3H3,(H,16,19)(H,17,18). The van der Waals surface area contributed by atoms with Gasteiger partial charge in [-0.15, -0.1) is 0 Å². The topological polar surface area (TPSA) is 88.8 Å². The molecule has 6 nitrogen and oxygen atoms in total. The van der Waals surface area contributed by atoms with E-state index in [1.165, 1.54) is 6.26 Å². The first kappa shape index (κ1) is 15.6. The van der Waals surface area contributed by atoms with Crippen molar-refractivity contribution in [3.05, 3.63) is 23.2 Å². The molecule has 1 fully saturated rings. The van der Waals surface area contributed by atoms with Crippen molar-refractivity contribution in [2.24, 2.45) is 0 Å². The van der Waals surface area contributed by atoms with Gasteiger partial charge in [0.2, 0.25) is 0 Å². The smallest absolute Gasteiger partial charge is 0.311 e. The van der Waals surface area contributed by atoms with Crippen LogP contribution < -0.4 is 5.32 Å². The maximum Gasteiger partial charge on any atom is 0.311 e. The van der Waals surface area contributed by atoms with Gasteiger partial charge in [-0.05, 0) is 33.6 Å². The molecule has 1 saturated heterocycles. The van der Waals surface area contributed by atoms with Gasteiger partial charge in [-0.2, -0.15) is 0 Å². The molecule has 1 aliphatic heterocycles. The number of carbonyl (C=O) groups excluding carboxylic acids is 1. The molecule has 0 aliphatic carbocycles. The number of nitrogens with one attached hydrogen (secondary N) is 1. The molecule has 2 N–H and O–H groups in total. The van der Waals surface area contributed by atoms with E-state index >= 15 is 0 Å². The molecule has 0 bridgehead atoms. The average Bonchev–Trinajstić information content (AvgIpc) is 2.89. The molecule has 6 heteroatoms. The first-order valence-corrected chi connectivity index (χ1v) is 7.03. The summed E-state index contributed by atoms with van der Waals surface area (Å²) in [6.45, 7) is 6.19. The van der Waals surface area contributed by atoms with E-state index in [0.717, 1.165) is 12.8 Å². The Labute approximate surface area is 123 Å². The molecule has 2 heterocycles. The predicted molar refractivity (Wildman–Crippen MR) is 75.3 cm³/mol. The molecular weight excluding hydrogens is 274 g/mol. The summed E-state index contributed by atoms with van der Waals surface area (Å²) in [6, 6.07) is 0. The Hall–Kier alpha value is -1.82. The number of hydrogen-bond donors (Lipinski definition) is 2. The summed E-state index contributed by atoms with van der Waals surface area (Å²) in [5.74, 6) is -1.16. The summed E-state index contributed by atoms with van der Waals surface area (Å²) in [6.07, 6.45) is 2.97. The Morgan fingerprint density at radius 2 is 2.19 bits per heavy atom. The number of furan rings is 1. The first-order valence-electron chi connectivity index (χ1n) is 7.03. The highest BCUT2D eigenvalue weighted by Gasteiger charge is 2.32. The molecule has 1 amide bonds. The largest absolute Gasteiger partial charge is 0.481 e. The zero-order valence-corrected chi connectivity index (χ0v) is 12.6. The summed E-state index contributed by atoms with van der Waals surface area (Å²) in [5, 5.41) is 11.6. The first-order chi connectivity index (χ1) is 9.78. The van der Waals surface area contributed by atoms with Crippen molar-refractivity contribution >= 4 is 11.9 Å². The lowest BCUT2D eigenvalue weighted by Crippen LogP contribution is -2.34. The van der Waals surface area contributed by atoms with Gasteiger partial charge in [-0.3, -0.25) is 9.59 Å². The second-order valence-corrected chi connectivity index (χ2v) is 6.04. The summed E-state index contributed by atoms with van der Waals surface area (Å²) in [4.78, 5) is 23.0. The Morgan fingerprint density at radius 3 is 2.76 bits per heavy atom. The highest BCUT2D eigenvalue weighted by atomic mass is 16.5. The van der Waals surface area contributed by atoms with Crippen LogP contribution in [0.25, 0.3) is 0 Å². The average molecular weight is 295 g/mol. The highest BCUT2D eigenvalue weighted by Crippen LogP contribution is 2.29. The van der Waals surface area contributed by atoms with E-state index in [2.05, 4.69) is 5.32 Å². The molecule has 2 rings (SSSR count). The van der Waals surface area contributed by atoms with E-state index in [9.17, 15) is 9.59 Å². The summed E-state index contributed by atoms with van der Waals surface area (Å²) in [7, 11) is 0. The molecule has 0 aromatic carbocycles. The fourth-order valence-electron chi connectivity index (χ4n) is 2.59. The van der Waals surface area contributed by atoms with Crippen LogP contribution in [0.5, 0.6) is 0 Å². The summed E-state index contributed by atoms with van der Waals surface area (Å²) < 4.78 is 11.0. The number of rotatable bonds is 5. The zero-order valence-electron chi connectivity index (χ0n) is 12.6. The minimum atomic E-state index is -1.03. The van der Waals surface area contributed by atoms with Gasteiger partial charge >= 0.3 is 5.97 Å². The van der Waals surface area contributed by atoms with E-state index in [4.69, 9.17) is 14.3 Å². The molecule has 1 aromatic rings. The van der Waals surface area contributed by atoms with Gasteiger partial charge in [0, 0.05) is 12.1 Å². The fourth-order valence-corrected chi connectivity index (χ4v) is 2.59.